The number of hydrogen-bond acceptors (Lipinski definition) is 10. The van der Waals surface area contributed by atoms with Crippen LogP contribution >= 0.6 is 90.4 Å². The maximum atomic E-state index is 10.7. The molecule has 0 aromatic rings. The molecule has 4 unspecified atom stereocenters. The third kappa shape index (κ3) is 144. The second kappa shape index (κ2) is 119. The van der Waals surface area contributed by atoms with Gasteiger partial charge in [-0.2, -0.15) is 12.8 Å². The summed E-state index contributed by atoms with van der Waals surface area (Å²) in [7, 11) is 0. The number of aldehydes is 1. The van der Waals surface area contributed by atoms with E-state index < -0.39 is 12.0 Å². The molecule has 0 saturated carbocycles. The number of ether oxygens (including phenoxy) is 1. The molecule has 2 aliphatic heterocycles. The number of aliphatic imine (C=N–C) groups is 1. The summed E-state index contributed by atoms with van der Waals surface area (Å²) in [6.45, 7) is 40.0. The molecule has 0 aliphatic carbocycles. The van der Waals surface area contributed by atoms with Crippen LogP contribution in [0.25, 0.3) is 0 Å². The number of Topliss-reactive ketones (excluding diaryl/α,β-unsaturated/α-hetero) is 1. The van der Waals surface area contributed by atoms with Gasteiger partial charge in [0.05, 0.1) is 25.1 Å². The van der Waals surface area contributed by atoms with Crippen molar-refractivity contribution in [1.29, 1.82) is 0 Å². The monoisotopic (exact) mass is 1820 g/mol. The first-order valence-corrected chi connectivity index (χ1v) is 25.2. The van der Waals surface area contributed by atoms with Crippen LogP contribution in [0.15, 0.2) is 4.99 Å². The number of rotatable bonds is 9. The van der Waals surface area contributed by atoms with Crippen LogP contribution in [-0.4, -0.2) is 77.0 Å². The normalized spacial score (nSPS) is 12.7. The summed E-state index contributed by atoms with van der Waals surface area (Å²) < 4.78 is 7.43. The van der Waals surface area contributed by atoms with E-state index in [1.807, 2.05) is 96.9 Å². The van der Waals surface area contributed by atoms with Crippen LogP contribution in [-0.2, 0) is 225 Å². The molecular weight excluding hydrogens is 1730 g/mol. The number of carboxylic acid groups (broad SMARTS) is 1. The third-order valence-electron chi connectivity index (χ3n) is 4.91. The minimum absolute atomic E-state index is 0. The van der Waals surface area contributed by atoms with E-state index in [2.05, 4.69) is 133 Å². The molecular formula is C41H93I4N5O7V2Y5-2. The van der Waals surface area contributed by atoms with Crippen molar-refractivity contribution in [3.8, 4) is 0 Å². The molecule has 2 rings (SSSR count). The van der Waals surface area contributed by atoms with Gasteiger partial charge >= 0.3 is 5.97 Å². The summed E-state index contributed by atoms with van der Waals surface area (Å²) in [6.07, 6.45) is 8.09. The van der Waals surface area contributed by atoms with E-state index in [0.717, 1.165) is 25.5 Å². The zero-order valence-corrected chi connectivity index (χ0v) is 69.0. The fourth-order valence-corrected chi connectivity index (χ4v) is 1.89. The quantitative estimate of drug-likeness (QED) is 0.0421. The van der Waals surface area contributed by atoms with Crippen molar-refractivity contribution >= 4 is 120 Å². The van der Waals surface area contributed by atoms with Gasteiger partial charge in [0.25, 0.3) is 6.02 Å². The Hall–Kier alpha value is 7.04. The predicted octanol–water partition coefficient (Wildman–Crippen LogP) is 11.8. The first-order chi connectivity index (χ1) is 26.9. The van der Waals surface area contributed by atoms with E-state index >= 15 is 0 Å². The number of carbonyl (C=O) groups excluding carboxylic acids is 3. The number of ketones is 1. The van der Waals surface area contributed by atoms with Crippen molar-refractivity contribution in [3.05, 3.63) is 11.4 Å². The molecule has 0 aromatic heterocycles. The molecule has 7 radical (unpaired) electrons. The van der Waals surface area contributed by atoms with Gasteiger partial charge in [0.1, 0.15) is 18.4 Å². The number of nitrogens with one attached hydrogen (secondary N) is 1. The number of nitrogens with zero attached hydrogens (tertiary/aromatic N) is 1. The predicted molar refractivity (Wildman–Crippen MR) is 287 cm³/mol. The summed E-state index contributed by atoms with van der Waals surface area (Å²) in [6, 6.07) is -0.227. The van der Waals surface area contributed by atoms with Gasteiger partial charge in [0, 0.05) is 213 Å². The molecule has 4 atom stereocenters. The molecule has 2 aliphatic rings. The summed E-state index contributed by atoms with van der Waals surface area (Å²) in [5.41, 5.74) is 15.5. The van der Waals surface area contributed by atoms with Crippen LogP contribution in [0.5, 0.6) is 0 Å². The Kier molecular flexibility index (Phi) is 230. The number of nitrogens with two attached hydrogens (primary N) is 3. The fraction of sp³-hybridized carbons (Fsp3) is 0.829. The Bertz CT molecular complexity index is 800. The third-order valence-corrected chi connectivity index (χ3v) is 8.08. The van der Waals surface area contributed by atoms with Crippen LogP contribution in [0.3, 0.4) is 0 Å². The van der Waals surface area contributed by atoms with Gasteiger partial charge in [-0.15, -0.1) is 0 Å². The number of carboxylic acids is 1. The average molecular weight is 1820 g/mol. The molecule has 23 heteroatoms. The summed E-state index contributed by atoms with van der Waals surface area (Å²) in [5, 5.41) is 18.8. The maximum absolute atomic E-state index is 10.7. The number of aliphatic carboxylic acids is 1. The van der Waals surface area contributed by atoms with Crippen molar-refractivity contribution < 1.29 is 235 Å². The van der Waals surface area contributed by atoms with Crippen LogP contribution in [0.4, 0.5) is 0 Å². The number of halogens is 4. The largest absolute Gasteiger partial charge is 0.480 e. The van der Waals surface area contributed by atoms with Crippen molar-refractivity contribution in [1.82, 2.24) is 5.32 Å². The maximum Gasteiger partial charge on any atom is 0.320 e. The number of alkyl halides is 3. The molecule has 0 spiro atoms. The van der Waals surface area contributed by atoms with E-state index in [9.17, 15) is 19.2 Å². The SMILES string of the molecule is CC.CC.CC.CC.CC.CCC(I)(I)I.CCC(N)C(=O)O.CCC(N)CO.CCC1COC(N)=N1.CCC1NC(=O)CC1=O.CCC=O.CC[CH-]I.[CH2-]CC.[V].[V].[Y].[Y].[Y].[Y].[Y]. The van der Waals surface area contributed by atoms with Gasteiger partial charge in [0.2, 0.25) is 5.91 Å². The van der Waals surface area contributed by atoms with Gasteiger partial charge in [-0.25, -0.2) is 4.99 Å². The van der Waals surface area contributed by atoms with E-state index in [4.69, 9.17) is 32.2 Å². The smallest absolute Gasteiger partial charge is 0.320 e. The van der Waals surface area contributed by atoms with Crippen LogP contribution < -0.4 is 22.5 Å². The Morgan fingerprint density at radius 2 is 1.19 bits per heavy atom. The molecule has 64 heavy (non-hydrogen) atoms. The second-order valence-electron chi connectivity index (χ2n) is 9.32. The summed E-state index contributed by atoms with van der Waals surface area (Å²) in [4.78, 5) is 44.2. The molecule has 0 aromatic carbocycles. The first kappa shape index (κ1) is 124. The Morgan fingerprint density at radius 3 is 1.25 bits per heavy atom. The number of aliphatic hydroxyl groups excluding tert-OH is 1. The minimum atomic E-state index is -0.928. The minimum Gasteiger partial charge on any atom is -0.480 e. The van der Waals surface area contributed by atoms with Crippen LogP contribution in [0.2, 0.25) is 0 Å². The van der Waals surface area contributed by atoms with Gasteiger partial charge in [0.15, 0.2) is 5.78 Å². The summed E-state index contributed by atoms with van der Waals surface area (Å²) in [5.74, 6) is -1.03. The molecule has 12 nitrogen and oxygen atoms in total. The van der Waals surface area contributed by atoms with Crippen LogP contribution in [0.1, 0.15) is 182 Å². The number of hydrogen-bond donors (Lipinski definition) is 6. The van der Waals surface area contributed by atoms with Crippen LogP contribution in [0, 0.1) is 11.4 Å². The van der Waals surface area contributed by atoms with Gasteiger partial charge in [-0.3, -0.25) is 18.8 Å². The molecule has 9 N–H and O–H groups in total. The molecule has 0 bridgehead atoms. The van der Waals surface area contributed by atoms with Crippen molar-refractivity contribution in [2.75, 3.05) is 13.2 Å². The van der Waals surface area contributed by atoms with Gasteiger partial charge in [-0.05, 0) is 32.1 Å². The standard InChI is InChI=1S/C6H9NO2.C5H10N2O.C4H9NO2.C4H11NO.C3H5I3.C3H6I.C3H6O.C3H7.5C2H6.2V.5Y/c1-2-4-5(8)3-6(9)7-4;1-2-4-3-8-5(6)7-4;1-2-3(5)4(6)7;1-2-4(5)3-6;1-2-3(4,5)6;2*1-2-3-4;1-3-2;5*1-2;;;;;;;/h4H,2-3H2,1H3,(H,7,9);4H,2-3H2,1H3,(H2,6,7);3H,2,5H2,1H3,(H,6,7);4,6H,2-3,5H2,1H3;2H2,1H3;2*3H,2H2,1H3;1,3H2,2H3;5*1-2H3;;;;;;;/q;;;;;-1;;-1;;;;;;;;;;;;. The zero-order chi connectivity index (χ0) is 48.4. The molecule has 1 saturated heterocycles. The molecule has 2 heterocycles. The van der Waals surface area contributed by atoms with Gasteiger partial charge in [-0.1, -0.05) is 192 Å². The number of amidine groups is 1. The van der Waals surface area contributed by atoms with Gasteiger partial charge < -0.3 is 71.8 Å². The average Bonchev–Trinajstić information content (AvgIpc) is 3.84. The first-order valence-electron chi connectivity index (χ1n) is 20.7. The van der Waals surface area contributed by atoms with Crippen molar-refractivity contribution in [2.45, 2.75) is 206 Å². The molecule has 1 amide bonds. The van der Waals surface area contributed by atoms with E-state index in [0.29, 0.717) is 37.4 Å². The topological polar surface area (TPSA) is 220 Å². The summed E-state index contributed by atoms with van der Waals surface area (Å²) >= 11 is 9.47. The van der Waals surface area contributed by atoms with E-state index in [1.54, 1.807) is 6.92 Å². The van der Waals surface area contributed by atoms with Crippen molar-refractivity contribution in [3.63, 3.8) is 0 Å². The van der Waals surface area contributed by atoms with Crippen molar-refractivity contribution in [2.24, 2.45) is 22.2 Å². The Balaban J connectivity index is -0.0000000229. The number of carbonyl (C=O) groups is 4. The Labute approximate surface area is 601 Å². The fourth-order valence-electron chi connectivity index (χ4n) is 1.89. The molecule has 1 fully saturated rings. The molecule has 379 valence electrons. The second-order valence-corrected chi connectivity index (χ2v) is 21.9. The van der Waals surface area contributed by atoms with E-state index in [-0.39, 0.29) is 237 Å². The Morgan fingerprint density at radius 1 is 0.859 bits per heavy atom. The zero-order valence-electron chi connectivity index (χ0n) is 43.4. The number of aliphatic hydroxyl groups is 1. The number of amides is 1. The van der Waals surface area contributed by atoms with E-state index in [1.165, 1.54) is 12.8 Å².